The molecule has 6 heteroatoms. The van der Waals surface area contributed by atoms with Crippen LogP contribution >= 0.6 is 45.2 Å². The standard InChI is InChI=1S/C7H4I2N2O2/c1-13-7(12)3-2-4(8)5(9)6(3)11-10/h2H,1H3. The zero-order chi connectivity index (χ0) is 10.0. The number of nitrogens with zero attached hydrogens (tertiary/aromatic N) is 2. The maximum atomic E-state index is 11.2. The number of ether oxygens (including phenoxy) is 1. The first-order valence-corrected chi connectivity index (χ1v) is 5.35. The molecule has 0 N–H and O–H groups in total. The van der Waals surface area contributed by atoms with Crippen LogP contribution in [0.2, 0.25) is 0 Å². The monoisotopic (exact) mass is 402 g/mol. The Morgan fingerprint density at radius 3 is 2.69 bits per heavy atom. The van der Waals surface area contributed by atoms with Crippen molar-refractivity contribution in [1.82, 2.24) is 0 Å². The van der Waals surface area contributed by atoms with Gasteiger partial charge in [0.25, 0.3) is 0 Å². The van der Waals surface area contributed by atoms with Gasteiger partial charge in [-0.15, -0.1) is 0 Å². The van der Waals surface area contributed by atoms with Gasteiger partial charge in [0.15, 0.2) is 5.57 Å². The van der Waals surface area contributed by atoms with E-state index in [9.17, 15) is 4.79 Å². The molecule has 4 nitrogen and oxygen atoms in total. The zero-order valence-corrected chi connectivity index (χ0v) is 10.9. The lowest BCUT2D eigenvalue weighted by Gasteiger charge is -1.93. The minimum absolute atomic E-state index is 0.275. The summed E-state index contributed by atoms with van der Waals surface area (Å²) in [5.41, 5.74) is 9.23. The normalized spacial score (nSPS) is 15.6. The maximum Gasteiger partial charge on any atom is 0.345 e. The van der Waals surface area contributed by atoms with E-state index in [2.05, 4.69) is 32.1 Å². The first-order chi connectivity index (χ1) is 6.11. The Kier molecular flexibility index (Phi) is 3.63. The molecule has 13 heavy (non-hydrogen) atoms. The average Bonchev–Trinajstić information content (AvgIpc) is 2.42. The summed E-state index contributed by atoms with van der Waals surface area (Å²) in [4.78, 5) is 14.2. The molecule has 0 saturated carbocycles. The van der Waals surface area contributed by atoms with Crippen molar-refractivity contribution in [3.8, 4) is 0 Å². The fraction of sp³-hybridized carbons (Fsp3) is 0.143. The number of rotatable bonds is 1. The largest absolute Gasteiger partial charge is 0.465 e. The topological polar surface area (TPSA) is 62.7 Å². The minimum Gasteiger partial charge on any atom is -0.465 e. The Bertz CT molecular complexity index is 378. The molecular weight excluding hydrogens is 398 g/mol. The summed E-state index contributed by atoms with van der Waals surface area (Å²) >= 11 is 4.06. The van der Waals surface area contributed by atoms with Crippen molar-refractivity contribution in [2.24, 2.45) is 0 Å². The highest BCUT2D eigenvalue weighted by Gasteiger charge is 2.33. The van der Waals surface area contributed by atoms with Crippen molar-refractivity contribution in [1.29, 1.82) is 0 Å². The van der Waals surface area contributed by atoms with E-state index in [0.29, 0.717) is 5.57 Å². The molecule has 0 unspecified atom stereocenters. The number of allylic oxidation sites excluding steroid dienone is 3. The second-order valence-corrected chi connectivity index (χ2v) is 4.40. The van der Waals surface area contributed by atoms with E-state index in [4.69, 9.17) is 5.53 Å². The Labute approximate surface area is 102 Å². The van der Waals surface area contributed by atoms with Gasteiger partial charge in [0, 0.05) is 3.58 Å². The molecule has 0 heterocycles. The second kappa shape index (κ2) is 4.34. The van der Waals surface area contributed by atoms with Crippen LogP contribution in [0.15, 0.2) is 18.8 Å². The Balaban J connectivity index is 3.15. The van der Waals surface area contributed by atoms with Crippen molar-refractivity contribution in [2.75, 3.05) is 7.11 Å². The average molecular weight is 402 g/mol. The molecule has 0 radical (unpaired) electrons. The third-order valence-corrected chi connectivity index (χ3v) is 4.42. The van der Waals surface area contributed by atoms with E-state index in [0.717, 1.165) is 7.16 Å². The van der Waals surface area contributed by atoms with Crippen LogP contribution in [-0.2, 0) is 9.53 Å². The number of carbonyl (C=O) groups is 1. The van der Waals surface area contributed by atoms with Crippen molar-refractivity contribution >= 4 is 56.9 Å². The zero-order valence-electron chi connectivity index (χ0n) is 6.54. The van der Waals surface area contributed by atoms with E-state index >= 15 is 0 Å². The lowest BCUT2D eigenvalue weighted by molar-refractivity contribution is -0.135. The number of halogens is 2. The summed E-state index contributed by atoms with van der Waals surface area (Å²) < 4.78 is 6.15. The number of esters is 1. The van der Waals surface area contributed by atoms with Crippen LogP contribution in [0, 0.1) is 0 Å². The Morgan fingerprint density at radius 1 is 1.62 bits per heavy atom. The molecule has 0 aromatic rings. The van der Waals surface area contributed by atoms with Gasteiger partial charge in [0.05, 0.1) is 7.11 Å². The number of hydrogen-bond acceptors (Lipinski definition) is 2. The van der Waals surface area contributed by atoms with Gasteiger partial charge in [0.1, 0.15) is 3.58 Å². The molecule has 1 aliphatic rings. The Morgan fingerprint density at radius 2 is 2.23 bits per heavy atom. The molecule has 0 amide bonds. The van der Waals surface area contributed by atoms with Gasteiger partial charge < -0.3 is 10.3 Å². The van der Waals surface area contributed by atoms with Gasteiger partial charge >= 0.3 is 11.7 Å². The van der Waals surface area contributed by atoms with Gasteiger partial charge in [-0.2, -0.15) is 4.79 Å². The molecule has 0 aromatic carbocycles. The Hall–Kier alpha value is -0.210. The van der Waals surface area contributed by atoms with Crippen LogP contribution in [0.1, 0.15) is 0 Å². The van der Waals surface area contributed by atoms with Crippen molar-refractivity contribution < 1.29 is 14.3 Å². The summed E-state index contributed by atoms with van der Waals surface area (Å²) in [6.45, 7) is 0. The van der Waals surface area contributed by atoms with Gasteiger partial charge in [-0.1, -0.05) is 0 Å². The highest BCUT2D eigenvalue weighted by atomic mass is 127. The summed E-state index contributed by atoms with van der Waals surface area (Å²) in [7, 11) is 1.29. The second-order valence-electron chi connectivity index (χ2n) is 2.16. The molecule has 0 saturated heterocycles. The third kappa shape index (κ3) is 2.00. The van der Waals surface area contributed by atoms with Crippen LogP contribution in [0.25, 0.3) is 5.53 Å². The van der Waals surface area contributed by atoms with Gasteiger partial charge in [0.2, 0.25) is 0 Å². The third-order valence-electron chi connectivity index (χ3n) is 1.45. The van der Waals surface area contributed by atoms with Gasteiger partial charge in [-0.25, -0.2) is 4.79 Å². The summed E-state index contributed by atoms with van der Waals surface area (Å²) in [5, 5.41) is 0. The van der Waals surface area contributed by atoms with E-state index in [1.54, 1.807) is 6.08 Å². The molecule has 0 bridgehead atoms. The number of carbonyl (C=O) groups excluding carboxylic acids is 1. The van der Waals surface area contributed by atoms with Crippen molar-refractivity contribution in [3.63, 3.8) is 0 Å². The highest BCUT2D eigenvalue weighted by Crippen LogP contribution is 2.31. The van der Waals surface area contributed by atoms with Crippen LogP contribution in [0.4, 0.5) is 0 Å². The molecule has 0 aromatic heterocycles. The molecule has 0 spiro atoms. The minimum atomic E-state index is -0.492. The molecule has 0 atom stereocenters. The number of hydrogen-bond donors (Lipinski definition) is 0. The molecule has 0 fully saturated rings. The smallest absolute Gasteiger partial charge is 0.345 e. The molecule has 68 valence electrons. The van der Waals surface area contributed by atoms with Gasteiger partial charge in [-0.05, 0) is 51.3 Å². The first-order valence-electron chi connectivity index (χ1n) is 3.20. The van der Waals surface area contributed by atoms with Crippen LogP contribution in [0.5, 0.6) is 0 Å². The van der Waals surface area contributed by atoms with Crippen LogP contribution in [0.3, 0.4) is 0 Å². The molecular formula is C7H4I2N2O2. The maximum absolute atomic E-state index is 11.2. The van der Waals surface area contributed by atoms with Crippen molar-refractivity contribution in [3.05, 3.63) is 24.3 Å². The lowest BCUT2D eigenvalue weighted by atomic mass is 10.2. The molecule has 1 aliphatic carbocycles. The predicted molar refractivity (Wildman–Crippen MR) is 63.8 cm³/mol. The van der Waals surface area contributed by atoms with Crippen LogP contribution in [-0.4, -0.2) is 23.6 Å². The fourth-order valence-electron chi connectivity index (χ4n) is 0.853. The van der Waals surface area contributed by atoms with E-state index in [1.165, 1.54) is 7.11 Å². The fourth-order valence-corrected chi connectivity index (χ4v) is 1.97. The van der Waals surface area contributed by atoms with E-state index in [1.807, 2.05) is 22.6 Å². The highest BCUT2D eigenvalue weighted by molar-refractivity contribution is 14.1. The predicted octanol–water partition coefficient (Wildman–Crippen LogP) is 1.85. The number of methoxy groups -OCH3 is 1. The summed E-state index contributed by atoms with van der Waals surface area (Å²) in [6, 6.07) is 0. The van der Waals surface area contributed by atoms with Crippen molar-refractivity contribution in [2.45, 2.75) is 0 Å². The quantitative estimate of drug-likeness (QED) is 0.291. The molecule has 1 rings (SSSR count). The molecule has 0 aliphatic heterocycles. The summed E-state index contributed by atoms with van der Waals surface area (Å²) in [6.07, 6.45) is 1.63. The van der Waals surface area contributed by atoms with Gasteiger partial charge in [-0.3, -0.25) is 0 Å². The summed E-state index contributed by atoms with van der Waals surface area (Å²) in [5.74, 6) is -0.492. The van der Waals surface area contributed by atoms with E-state index in [-0.39, 0.29) is 5.71 Å². The van der Waals surface area contributed by atoms with E-state index < -0.39 is 5.97 Å². The SMILES string of the molecule is COC(=O)C1=CC(I)=C(I)C1=[N+]=[N-]. The lowest BCUT2D eigenvalue weighted by Crippen LogP contribution is -2.12. The van der Waals surface area contributed by atoms with Crippen LogP contribution < -0.4 is 0 Å². The first kappa shape index (κ1) is 10.9.